The van der Waals surface area contributed by atoms with Crippen molar-refractivity contribution in [2.45, 2.75) is 57.5 Å². The highest BCUT2D eigenvalue weighted by Crippen LogP contribution is 2.25. The highest BCUT2D eigenvalue weighted by atomic mass is 35.5. The first kappa shape index (κ1) is 22.6. The SMILES string of the molecule is CC(CC(=O)N1CCNCC1c1cccc(F)c1)NC(=O)C1CCCCC1.Cl. The van der Waals surface area contributed by atoms with Gasteiger partial charge in [-0.1, -0.05) is 31.4 Å². The van der Waals surface area contributed by atoms with Crippen LogP contribution in [-0.4, -0.2) is 42.4 Å². The lowest BCUT2D eigenvalue weighted by Gasteiger charge is -2.37. The maximum atomic E-state index is 13.6. The molecule has 0 radical (unpaired) electrons. The van der Waals surface area contributed by atoms with Gasteiger partial charge in [-0.15, -0.1) is 12.4 Å². The van der Waals surface area contributed by atoms with E-state index in [0.717, 1.165) is 37.8 Å². The highest BCUT2D eigenvalue weighted by molar-refractivity contribution is 5.85. The molecule has 2 N–H and O–H groups in total. The number of nitrogens with zero attached hydrogens (tertiary/aromatic N) is 1. The normalized spacial score (nSPS) is 21.5. The molecule has 2 fully saturated rings. The fraction of sp³-hybridized carbons (Fsp3) is 0.619. The third-order valence-corrected chi connectivity index (χ3v) is 5.64. The molecule has 1 aliphatic carbocycles. The number of amides is 2. The van der Waals surface area contributed by atoms with Crippen LogP contribution < -0.4 is 10.6 Å². The minimum Gasteiger partial charge on any atom is -0.353 e. The lowest BCUT2D eigenvalue weighted by molar-refractivity contribution is -0.135. The van der Waals surface area contributed by atoms with Crippen molar-refractivity contribution in [3.8, 4) is 0 Å². The monoisotopic (exact) mass is 411 g/mol. The molecule has 2 unspecified atom stereocenters. The van der Waals surface area contributed by atoms with Crippen LogP contribution in [0.4, 0.5) is 4.39 Å². The molecule has 0 bridgehead atoms. The van der Waals surface area contributed by atoms with Gasteiger partial charge in [0, 0.05) is 38.0 Å². The van der Waals surface area contributed by atoms with Gasteiger partial charge >= 0.3 is 0 Å². The zero-order chi connectivity index (χ0) is 19.2. The zero-order valence-electron chi connectivity index (χ0n) is 16.5. The number of rotatable bonds is 5. The van der Waals surface area contributed by atoms with Gasteiger partial charge in [0.25, 0.3) is 0 Å². The number of piperazine rings is 1. The molecule has 1 saturated carbocycles. The smallest absolute Gasteiger partial charge is 0.225 e. The fourth-order valence-corrected chi connectivity index (χ4v) is 4.17. The second-order valence-corrected chi connectivity index (χ2v) is 7.81. The summed E-state index contributed by atoms with van der Waals surface area (Å²) in [6, 6.07) is 6.06. The average Bonchev–Trinajstić information content (AvgIpc) is 2.68. The number of nitrogens with one attached hydrogen (secondary N) is 2. The van der Waals surface area contributed by atoms with Crippen molar-refractivity contribution in [1.82, 2.24) is 15.5 Å². The van der Waals surface area contributed by atoms with Crippen molar-refractivity contribution < 1.29 is 14.0 Å². The van der Waals surface area contributed by atoms with E-state index in [0.29, 0.717) is 13.1 Å². The Balaban J connectivity index is 0.00000280. The summed E-state index contributed by atoms with van der Waals surface area (Å²) in [5.41, 5.74) is 0.800. The van der Waals surface area contributed by atoms with E-state index >= 15 is 0 Å². The minimum absolute atomic E-state index is 0. The Morgan fingerprint density at radius 3 is 2.75 bits per heavy atom. The summed E-state index contributed by atoms with van der Waals surface area (Å²) >= 11 is 0. The molecule has 1 aliphatic heterocycles. The second kappa shape index (κ2) is 10.8. The van der Waals surface area contributed by atoms with Crippen molar-refractivity contribution >= 4 is 24.2 Å². The lowest BCUT2D eigenvalue weighted by Crippen LogP contribution is -2.50. The number of hydrogen-bond acceptors (Lipinski definition) is 3. The van der Waals surface area contributed by atoms with Gasteiger partial charge in [-0.25, -0.2) is 4.39 Å². The van der Waals surface area contributed by atoms with Crippen LogP contribution in [0.2, 0.25) is 0 Å². The average molecular weight is 412 g/mol. The summed E-state index contributed by atoms with van der Waals surface area (Å²) in [4.78, 5) is 27.1. The van der Waals surface area contributed by atoms with E-state index < -0.39 is 0 Å². The topological polar surface area (TPSA) is 61.4 Å². The van der Waals surface area contributed by atoms with Crippen molar-refractivity contribution in [2.75, 3.05) is 19.6 Å². The van der Waals surface area contributed by atoms with Crippen molar-refractivity contribution in [3.63, 3.8) is 0 Å². The highest BCUT2D eigenvalue weighted by Gasteiger charge is 2.29. The molecule has 1 heterocycles. The molecule has 1 aromatic rings. The Morgan fingerprint density at radius 1 is 1.29 bits per heavy atom. The summed E-state index contributed by atoms with van der Waals surface area (Å²) in [5.74, 6) is -0.117. The third kappa shape index (κ3) is 5.92. The van der Waals surface area contributed by atoms with E-state index in [1.54, 1.807) is 6.07 Å². The standard InChI is InChI=1S/C21H30FN3O2.ClH/c1-15(24-21(27)16-6-3-2-4-7-16)12-20(26)25-11-10-23-14-19(25)17-8-5-9-18(22)13-17;/h5,8-9,13,15-16,19,23H,2-4,6-7,10-12,14H2,1H3,(H,24,27);1H. The largest absolute Gasteiger partial charge is 0.353 e. The van der Waals surface area contributed by atoms with E-state index in [2.05, 4.69) is 10.6 Å². The first-order chi connectivity index (χ1) is 13.0. The first-order valence-corrected chi connectivity index (χ1v) is 10.1. The van der Waals surface area contributed by atoms with E-state index in [1.165, 1.54) is 18.6 Å². The van der Waals surface area contributed by atoms with Gasteiger partial charge < -0.3 is 15.5 Å². The Kier molecular flexibility index (Phi) is 8.70. The van der Waals surface area contributed by atoms with Gasteiger partial charge in [-0.3, -0.25) is 9.59 Å². The maximum absolute atomic E-state index is 13.6. The number of halogens is 2. The van der Waals surface area contributed by atoms with Gasteiger partial charge in [0.15, 0.2) is 0 Å². The van der Waals surface area contributed by atoms with Crippen LogP contribution in [0.25, 0.3) is 0 Å². The minimum atomic E-state index is -0.293. The summed E-state index contributed by atoms with van der Waals surface area (Å²) in [6.45, 7) is 3.81. The second-order valence-electron chi connectivity index (χ2n) is 7.81. The number of benzene rings is 1. The molecule has 0 spiro atoms. The van der Waals surface area contributed by atoms with Crippen LogP contribution in [-0.2, 0) is 9.59 Å². The molecule has 2 aliphatic rings. The van der Waals surface area contributed by atoms with Crippen LogP contribution >= 0.6 is 12.4 Å². The number of carbonyl (C=O) groups excluding carboxylic acids is 2. The molecule has 0 aromatic heterocycles. The van der Waals surface area contributed by atoms with E-state index in [-0.39, 0.29) is 54.5 Å². The third-order valence-electron chi connectivity index (χ3n) is 5.64. The van der Waals surface area contributed by atoms with Crippen LogP contribution in [0.1, 0.15) is 57.1 Å². The predicted molar refractivity (Wildman–Crippen MR) is 110 cm³/mol. The Morgan fingerprint density at radius 2 is 2.04 bits per heavy atom. The molecule has 5 nitrogen and oxygen atoms in total. The van der Waals surface area contributed by atoms with Gasteiger partial charge in [0.1, 0.15) is 5.82 Å². The Hall–Kier alpha value is -1.66. The van der Waals surface area contributed by atoms with Gasteiger partial charge in [0.05, 0.1) is 6.04 Å². The summed E-state index contributed by atoms with van der Waals surface area (Å²) in [5, 5.41) is 6.30. The molecule has 1 aromatic carbocycles. The molecule has 3 rings (SSSR count). The van der Waals surface area contributed by atoms with E-state index in [4.69, 9.17) is 0 Å². The molecule has 28 heavy (non-hydrogen) atoms. The van der Waals surface area contributed by atoms with Crippen LogP contribution in [0.3, 0.4) is 0 Å². The van der Waals surface area contributed by atoms with Gasteiger partial charge in [-0.05, 0) is 37.5 Å². The molecule has 1 saturated heterocycles. The Labute approximate surface area is 172 Å². The molecule has 2 atom stereocenters. The maximum Gasteiger partial charge on any atom is 0.225 e. The van der Waals surface area contributed by atoms with E-state index in [1.807, 2.05) is 17.9 Å². The number of carbonyl (C=O) groups is 2. The van der Waals surface area contributed by atoms with E-state index in [9.17, 15) is 14.0 Å². The summed E-state index contributed by atoms with van der Waals surface area (Å²) in [6.07, 6.45) is 5.60. The van der Waals surface area contributed by atoms with Gasteiger partial charge in [0.2, 0.25) is 11.8 Å². The number of hydrogen-bond donors (Lipinski definition) is 2. The quantitative estimate of drug-likeness (QED) is 0.782. The van der Waals surface area contributed by atoms with Gasteiger partial charge in [-0.2, -0.15) is 0 Å². The Bertz CT molecular complexity index is 667. The molecular weight excluding hydrogens is 381 g/mol. The summed E-state index contributed by atoms with van der Waals surface area (Å²) in [7, 11) is 0. The zero-order valence-corrected chi connectivity index (χ0v) is 17.3. The lowest BCUT2D eigenvalue weighted by atomic mass is 9.88. The molecule has 7 heteroatoms. The molecular formula is C21H31ClFN3O2. The molecule has 156 valence electrons. The molecule has 2 amide bonds. The van der Waals surface area contributed by atoms with Crippen LogP contribution in [0.5, 0.6) is 0 Å². The summed E-state index contributed by atoms with van der Waals surface area (Å²) < 4.78 is 13.6. The van der Waals surface area contributed by atoms with Crippen LogP contribution in [0, 0.1) is 11.7 Å². The fourth-order valence-electron chi connectivity index (χ4n) is 4.17. The van der Waals surface area contributed by atoms with Crippen molar-refractivity contribution in [3.05, 3.63) is 35.6 Å². The van der Waals surface area contributed by atoms with Crippen molar-refractivity contribution in [1.29, 1.82) is 0 Å². The van der Waals surface area contributed by atoms with Crippen molar-refractivity contribution in [2.24, 2.45) is 5.92 Å². The predicted octanol–water partition coefficient (Wildman–Crippen LogP) is 3.20. The van der Waals surface area contributed by atoms with Crippen LogP contribution in [0.15, 0.2) is 24.3 Å². The first-order valence-electron chi connectivity index (χ1n) is 10.1.